The van der Waals surface area contributed by atoms with E-state index < -0.39 is 0 Å². The topological polar surface area (TPSA) is 17.1 Å². The van der Waals surface area contributed by atoms with E-state index in [-0.39, 0.29) is 0 Å². The predicted molar refractivity (Wildman–Crippen MR) is 68.0 cm³/mol. The van der Waals surface area contributed by atoms with Gasteiger partial charge in [-0.2, -0.15) is 0 Å². The molecular weight excluding hydrogens is 204 g/mol. The zero-order valence-electron chi connectivity index (χ0n) is 10.3. The van der Waals surface area contributed by atoms with E-state index in [1.807, 2.05) is 6.26 Å². The van der Waals surface area contributed by atoms with Crippen LogP contribution < -0.4 is 0 Å². The molecule has 0 heterocycles. The third-order valence-electron chi connectivity index (χ3n) is 3.53. The summed E-state index contributed by atoms with van der Waals surface area (Å²) in [7, 11) is 0. The van der Waals surface area contributed by atoms with Gasteiger partial charge in [0.15, 0.2) is 5.12 Å². The van der Waals surface area contributed by atoms with Gasteiger partial charge < -0.3 is 0 Å². The Balaban J connectivity index is 2.21. The van der Waals surface area contributed by atoms with Crippen LogP contribution in [-0.4, -0.2) is 11.4 Å². The first-order chi connectivity index (χ1) is 7.13. The maximum atomic E-state index is 11.5. The standard InChI is InChI=1S/C13H24OS/c1-10(2)4-5-11-6-8-12(9-7-11)13(14)15-3/h10-12H,4-9H2,1-3H3. The summed E-state index contributed by atoms with van der Waals surface area (Å²) in [6.07, 6.45) is 9.48. The summed E-state index contributed by atoms with van der Waals surface area (Å²) in [4.78, 5) is 11.5. The average molecular weight is 228 g/mol. The van der Waals surface area contributed by atoms with Crippen molar-refractivity contribution in [3.63, 3.8) is 0 Å². The highest BCUT2D eigenvalue weighted by Gasteiger charge is 2.25. The van der Waals surface area contributed by atoms with Crippen LogP contribution in [0.2, 0.25) is 0 Å². The smallest absolute Gasteiger partial charge is 0.191 e. The fraction of sp³-hybridized carbons (Fsp3) is 0.923. The molecule has 0 aromatic rings. The number of hydrogen-bond donors (Lipinski definition) is 0. The number of carbonyl (C=O) groups excluding carboxylic acids is 1. The van der Waals surface area contributed by atoms with Gasteiger partial charge in [-0.1, -0.05) is 38.5 Å². The lowest BCUT2D eigenvalue weighted by molar-refractivity contribution is -0.115. The first-order valence-corrected chi connectivity index (χ1v) is 7.43. The average Bonchev–Trinajstić information content (AvgIpc) is 2.26. The Morgan fingerprint density at radius 3 is 2.33 bits per heavy atom. The Hall–Kier alpha value is 0.0200. The molecule has 1 aliphatic rings. The van der Waals surface area contributed by atoms with Crippen LogP contribution in [0.25, 0.3) is 0 Å². The van der Waals surface area contributed by atoms with E-state index in [2.05, 4.69) is 13.8 Å². The van der Waals surface area contributed by atoms with Crippen molar-refractivity contribution in [3.8, 4) is 0 Å². The zero-order valence-corrected chi connectivity index (χ0v) is 11.1. The third kappa shape index (κ3) is 4.58. The molecule has 15 heavy (non-hydrogen) atoms. The molecule has 0 aliphatic heterocycles. The zero-order chi connectivity index (χ0) is 11.3. The van der Waals surface area contributed by atoms with Gasteiger partial charge in [-0.05, 0) is 43.8 Å². The Bertz CT molecular complexity index is 193. The van der Waals surface area contributed by atoms with Crippen molar-refractivity contribution >= 4 is 16.9 Å². The van der Waals surface area contributed by atoms with Crippen LogP contribution in [0.3, 0.4) is 0 Å². The Morgan fingerprint density at radius 1 is 1.27 bits per heavy atom. The Morgan fingerprint density at radius 2 is 1.87 bits per heavy atom. The Labute approximate surface area is 98.4 Å². The molecule has 1 rings (SSSR count). The summed E-state index contributed by atoms with van der Waals surface area (Å²) < 4.78 is 0. The lowest BCUT2D eigenvalue weighted by atomic mass is 9.80. The minimum atomic E-state index is 0.371. The Kier molecular flexibility index (Phi) is 5.73. The largest absolute Gasteiger partial charge is 0.287 e. The van der Waals surface area contributed by atoms with Crippen LogP contribution >= 0.6 is 11.8 Å². The first kappa shape index (κ1) is 13.1. The molecule has 1 fully saturated rings. The summed E-state index contributed by atoms with van der Waals surface area (Å²) >= 11 is 1.41. The summed E-state index contributed by atoms with van der Waals surface area (Å²) in [6.45, 7) is 4.59. The monoisotopic (exact) mass is 228 g/mol. The molecule has 1 nitrogen and oxygen atoms in total. The van der Waals surface area contributed by atoms with E-state index in [0.717, 1.165) is 24.7 Å². The highest BCUT2D eigenvalue weighted by atomic mass is 32.2. The van der Waals surface area contributed by atoms with E-state index in [1.54, 1.807) is 0 Å². The molecule has 0 spiro atoms. The normalized spacial score (nSPS) is 26.9. The third-order valence-corrected chi connectivity index (χ3v) is 4.27. The van der Waals surface area contributed by atoms with Crippen molar-refractivity contribution in [2.75, 3.05) is 6.26 Å². The van der Waals surface area contributed by atoms with E-state index in [9.17, 15) is 4.79 Å². The van der Waals surface area contributed by atoms with Gasteiger partial charge >= 0.3 is 0 Å². The van der Waals surface area contributed by atoms with Crippen LogP contribution in [0.4, 0.5) is 0 Å². The van der Waals surface area contributed by atoms with Gasteiger partial charge in [0.2, 0.25) is 0 Å². The molecule has 0 radical (unpaired) electrons. The molecule has 0 bridgehead atoms. The van der Waals surface area contributed by atoms with E-state index in [0.29, 0.717) is 11.0 Å². The highest BCUT2D eigenvalue weighted by molar-refractivity contribution is 8.13. The van der Waals surface area contributed by atoms with Crippen molar-refractivity contribution in [3.05, 3.63) is 0 Å². The second-order valence-electron chi connectivity index (χ2n) is 5.21. The fourth-order valence-electron chi connectivity index (χ4n) is 2.42. The van der Waals surface area contributed by atoms with Gasteiger partial charge in [-0.15, -0.1) is 0 Å². The highest BCUT2D eigenvalue weighted by Crippen LogP contribution is 2.34. The molecule has 0 N–H and O–H groups in total. The minimum Gasteiger partial charge on any atom is -0.287 e. The molecule has 0 saturated heterocycles. The number of thioether (sulfide) groups is 1. The van der Waals surface area contributed by atoms with Crippen molar-refractivity contribution in [2.45, 2.75) is 52.4 Å². The lowest BCUT2D eigenvalue weighted by Crippen LogP contribution is -2.20. The predicted octanol–water partition coefficient (Wildman–Crippen LogP) is 4.12. The van der Waals surface area contributed by atoms with Crippen LogP contribution in [0.5, 0.6) is 0 Å². The maximum absolute atomic E-state index is 11.5. The molecule has 88 valence electrons. The SMILES string of the molecule is CSC(=O)C1CCC(CCC(C)C)CC1. The van der Waals surface area contributed by atoms with E-state index >= 15 is 0 Å². The van der Waals surface area contributed by atoms with Crippen molar-refractivity contribution in [1.29, 1.82) is 0 Å². The maximum Gasteiger partial charge on any atom is 0.191 e. The van der Waals surface area contributed by atoms with Gasteiger partial charge in [0.1, 0.15) is 0 Å². The molecule has 0 aromatic heterocycles. The molecular formula is C13H24OS. The molecule has 2 heteroatoms. The summed E-state index contributed by atoms with van der Waals surface area (Å²) in [5.74, 6) is 2.10. The van der Waals surface area contributed by atoms with Gasteiger partial charge in [-0.25, -0.2) is 0 Å². The van der Waals surface area contributed by atoms with Gasteiger partial charge in [0.05, 0.1) is 0 Å². The van der Waals surface area contributed by atoms with Crippen LogP contribution in [0, 0.1) is 17.8 Å². The summed E-state index contributed by atoms with van der Waals surface area (Å²) in [6, 6.07) is 0. The molecule has 1 saturated carbocycles. The van der Waals surface area contributed by atoms with E-state index in [4.69, 9.17) is 0 Å². The molecule has 0 atom stereocenters. The van der Waals surface area contributed by atoms with Gasteiger partial charge in [0, 0.05) is 5.92 Å². The number of rotatable bonds is 4. The van der Waals surface area contributed by atoms with Crippen molar-refractivity contribution in [2.24, 2.45) is 17.8 Å². The van der Waals surface area contributed by atoms with Crippen molar-refractivity contribution < 1.29 is 4.79 Å². The number of carbonyl (C=O) groups is 1. The second-order valence-corrected chi connectivity index (χ2v) is 6.02. The quantitative estimate of drug-likeness (QED) is 0.720. The number of hydrogen-bond acceptors (Lipinski definition) is 2. The molecule has 1 aliphatic carbocycles. The van der Waals surface area contributed by atoms with Crippen LogP contribution in [0.1, 0.15) is 52.4 Å². The van der Waals surface area contributed by atoms with Crippen molar-refractivity contribution in [1.82, 2.24) is 0 Å². The second kappa shape index (κ2) is 6.57. The first-order valence-electron chi connectivity index (χ1n) is 6.21. The molecule has 0 aromatic carbocycles. The van der Waals surface area contributed by atoms with Crippen LogP contribution in [0.15, 0.2) is 0 Å². The summed E-state index contributed by atoms with van der Waals surface area (Å²) in [5.41, 5.74) is 0. The summed E-state index contributed by atoms with van der Waals surface area (Å²) in [5, 5.41) is 0.414. The minimum absolute atomic E-state index is 0.371. The molecule has 0 amide bonds. The fourth-order valence-corrected chi connectivity index (χ4v) is 2.99. The molecule has 0 unspecified atom stereocenters. The van der Waals surface area contributed by atoms with Crippen LogP contribution in [-0.2, 0) is 4.79 Å². The van der Waals surface area contributed by atoms with Gasteiger partial charge in [-0.3, -0.25) is 4.79 Å². The lowest BCUT2D eigenvalue weighted by Gasteiger charge is -2.27. The van der Waals surface area contributed by atoms with Gasteiger partial charge in [0.25, 0.3) is 0 Å². The van der Waals surface area contributed by atoms with E-state index in [1.165, 1.54) is 37.4 Å².